The third-order valence-electron chi connectivity index (χ3n) is 0.575. The number of rotatable bonds is 3. The predicted molar refractivity (Wildman–Crippen MR) is 32.8 cm³/mol. The van der Waals surface area contributed by atoms with Crippen LogP contribution in [0.25, 0.3) is 0 Å². The van der Waals surface area contributed by atoms with E-state index in [0.29, 0.717) is 0 Å². The van der Waals surface area contributed by atoms with E-state index in [1.807, 2.05) is 0 Å². The van der Waals surface area contributed by atoms with Crippen molar-refractivity contribution in [3.05, 3.63) is 12.2 Å². The lowest BCUT2D eigenvalue weighted by Gasteiger charge is -1.99. The Hall–Kier alpha value is -0.150. The summed E-state index contributed by atoms with van der Waals surface area (Å²) in [6, 6.07) is 0. The summed E-state index contributed by atoms with van der Waals surface area (Å²) in [5, 5.41) is 0. The van der Waals surface area contributed by atoms with Gasteiger partial charge < -0.3 is 9.79 Å². The zero-order chi connectivity index (χ0) is 7.33. The van der Waals surface area contributed by atoms with Crippen molar-refractivity contribution >= 4 is 7.82 Å². The first-order chi connectivity index (χ1) is 4.06. The fraction of sp³-hybridized carbons (Fsp3) is 0.500. The summed E-state index contributed by atoms with van der Waals surface area (Å²) >= 11 is 0. The van der Waals surface area contributed by atoms with Gasteiger partial charge in [-0.1, -0.05) is 12.2 Å². The van der Waals surface area contributed by atoms with E-state index in [9.17, 15) is 4.57 Å². The predicted octanol–water partition coefficient (Wildman–Crippen LogP) is 0.672. The highest BCUT2D eigenvalue weighted by Crippen LogP contribution is 2.35. The molecule has 0 rings (SSSR count). The lowest BCUT2D eigenvalue weighted by atomic mass is 10.6. The van der Waals surface area contributed by atoms with Gasteiger partial charge in [-0.25, -0.2) is 4.57 Å². The summed E-state index contributed by atoms with van der Waals surface area (Å²) in [7, 11) is -4.25. The van der Waals surface area contributed by atoms with E-state index in [2.05, 4.69) is 4.52 Å². The SMILES string of the molecule is C/C=C/COP(=O)(O)O. The summed E-state index contributed by atoms with van der Waals surface area (Å²) < 4.78 is 14.0. The Kier molecular flexibility index (Phi) is 3.73. The van der Waals surface area contributed by atoms with Crippen LogP contribution in [-0.2, 0) is 9.09 Å². The van der Waals surface area contributed by atoms with Gasteiger partial charge in [0.25, 0.3) is 0 Å². The van der Waals surface area contributed by atoms with E-state index in [4.69, 9.17) is 9.79 Å². The first kappa shape index (κ1) is 8.85. The molecule has 9 heavy (non-hydrogen) atoms. The Bertz CT molecular complexity index is 136. The van der Waals surface area contributed by atoms with Crippen molar-refractivity contribution in [1.82, 2.24) is 0 Å². The Morgan fingerprint density at radius 1 is 1.67 bits per heavy atom. The smallest absolute Gasteiger partial charge is 0.303 e. The molecule has 0 aliphatic rings. The minimum Gasteiger partial charge on any atom is -0.303 e. The first-order valence-corrected chi connectivity index (χ1v) is 3.90. The molecule has 0 spiro atoms. The monoisotopic (exact) mass is 152 g/mol. The van der Waals surface area contributed by atoms with Gasteiger partial charge in [0.1, 0.15) is 0 Å². The summed E-state index contributed by atoms with van der Waals surface area (Å²) in [4.78, 5) is 16.2. The summed E-state index contributed by atoms with van der Waals surface area (Å²) in [5.41, 5.74) is 0. The molecule has 0 aromatic rings. The molecule has 2 N–H and O–H groups in total. The fourth-order valence-corrected chi connectivity index (χ4v) is 0.517. The lowest BCUT2D eigenvalue weighted by Crippen LogP contribution is -1.86. The largest absolute Gasteiger partial charge is 0.469 e. The van der Waals surface area contributed by atoms with Crippen LogP contribution < -0.4 is 0 Å². The minimum atomic E-state index is -4.25. The van der Waals surface area contributed by atoms with Crippen LogP contribution in [-0.4, -0.2) is 16.4 Å². The summed E-state index contributed by atoms with van der Waals surface area (Å²) in [6.45, 7) is 1.70. The third kappa shape index (κ3) is 7.85. The van der Waals surface area contributed by atoms with E-state index >= 15 is 0 Å². The minimum absolute atomic E-state index is 0.0409. The molecule has 0 aromatic heterocycles. The molecule has 0 aliphatic heterocycles. The topological polar surface area (TPSA) is 66.8 Å². The second-order valence-electron chi connectivity index (χ2n) is 1.36. The molecule has 54 valence electrons. The van der Waals surface area contributed by atoms with E-state index in [0.717, 1.165) is 0 Å². The van der Waals surface area contributed by atoms with Gasteiger partial charge in [0.05, 0.1) is 6.61 Å². The average molecular weight is 152 g/mol. The van der Waals surface area contributed by atoms with Gasteiger partial charge in [-0.2, -0.15) is 0 Å². The molecule has 0 heterocycles. The van der Waals surface area contributed by atoms with Crippen molar-refractivity contribution in [2.24, 2.45) is 0 Å². The number of hydrogen-bond acceptors (Lipinski definition) is 2. The second kappa shape index (κ2) is 3.80. The molecule has 0 aromatic carbocycles. The molecule has 0 fully saturated rings. The molecule has 0 amide bonds. The highest BCUT2D eigenvalue weighted by Gasteiger charge is 2.10. The lowest BCUT2D eigenvalue weighted by molar-refractivity contribution is 0.215. The van der Waals surface area contributed by atoms with Gasteiger partial charge >= 0.3 is 7.82 Å². The Balaban J connectivity index is 3.40. The van der Waals surface area contributed by atoms with Crippen LogP contribution in [0.4, 0.5) is 0 Å². The standard InChI is InChI=1S/C4H9O4P/c1-2-3-4-8-9(5,6)7/h2-3H,4H2,1H3,(H2,5,6,7)/b3-2+. The number of allylic oxidation sites excluding steroid dienone is 1. The van der Waals surface area contributed by atoms with E-state index in [1.165, 1.54) is 6.08 Å². The number of hydrogen-bond donors (Lipinski definition) is 2. The van der Waals surface area contributed by atoms with Crippen LogP contribution in [0.15, 0.2) is 12.2 Å². The van der Waals surface area contributed by atoms with Gasteiger partial charge in [0.15, 0.2) is 0 Å². The Morgan fingerprint density at radius 3 is 2.56 bits per heavy atom. The Morgan fingerprint density at radius 2 is 2.22 bits per heavy atom. The zero-order valence-corrected chi connectivity index (χ0v) is 5.91. The highest BCUT2D eigenvalue weighted by atomic mass is 31.2. The molecule has 4 nitrogen and oxygen atoms in total. The van der Waals surface area contributed by atoms with Gasteiger partial charge in [0, 0.05) is 0 Å². The van der Waals surface area contributed by atoms with Gasteiger partial charge in [-0.3, -0.25) is 4.52 Å². The first-order valence-electron chi connectivity index (χ1n) is 2.37. The molecular weight excluding hydrogens is 143 g/mol. The number of phosphoric ester groups is 1. The van der Waals surface area contributed by atoms with Gasteiger partial charge in [-0.15, -0.1) is 0 Å². The van der Waals surface area contributed by atoms with Crippen LogP contribution in [0.5, 0.6) is 0 Å². The Labute approximate surface area is 53.4 Å². The van der Waals surface area contributed by atoms with Gasteiger partial charge in [-0.05, 0) is 6.92 Å². The van der Waals surface area contributed by atoms with Crippen LogP contribution in [0, 0.1) is 0 Å². The molecule has 0 saturated heterocycles. The zero-order valence-electron chi connectivity index (χ0n) is 5.02. The van der Waals surface area contributed by atoms with Crippen molar-refractivity contribution in [2.75, 3.05) is 6.61 Å². The summed E-state index contributed by atoms with van der Waals surface area (Å²) in [5.74, 6) is 0. The maximum absolute atomic E-state index is 9.94. The average Bonchev–Trinajstić information content (AvgIpc) is 1.63. The van der Waals surface area contributed by atoms with E-state index in [-0.39, 0.29) is 6.61 Å². The van der Waals surface area contributed by atoms with Crippen molar-refractivity contribution in [2.45, 2.75) is 6.92 Å². The molecule has 5 heteroatoms. The number of phosphoric acid groups is 1. The highest BCUT2D eigenvalue weighted by molar-refractivity contribution is 7.46. The maximum Gasteiger partial charge on any atom is 0.469 e. The summed E-state index contributed by atoms with van der Waals surface area (Å²) in [6.07, 6.45) is 3.16. The molecule has 0 radical (unpaired) electrons. The third-order valence-corrected chi connectivity index (χ3v) is 1.06. The molecular formula is C4H9O4P. The van der Waals surface area contributed by atoms with E-state index in [1.54, 1.807) is 13.0 Å². The molecule has 0 unspecified atom stereocenters. The van der Waals surface area contributed by atoms with Crippen LogP contribution in [0.1, 0.15) is 6.92 Å². The molecule has 0 saturated carbocycles. The van der Waals surface area contributed by atoms with Crippen LogP contribution in [0.3, 0.4) is 0 Å². The van der Waals surface area contributed by atoms with Gasteiger partial charge in [0.2, 0.25) is 0 Å². The second-order valence-corrected chi connectivity index (χ2v) is 2.59. The maximum atomic E-state index is 9.94. The van der Waals surface area contributed by atoms with Crippen molar-refractivity contribution in [1.29, 1.82) is 0 Å². The fourth-order valence-electron chi connectivity index (χ4n) is 0.236. The van der Waals surface area contributed by atoms with E-state index < -0.39 is 7.82 Å². The molecule has 0 aliphatic carbocycles. The van der Waals surface area contributed by atoms with Crippen LogP contribution >= 0.6 is 7.82 Å². The van der Waals surface area contributed by atoms with Crippen molar-refractivity contribution < 1.29 is 18.9 Å². The van der Waals surface area contributed by atoms with Crippen LogP contribution in [0.2, 0.25) is 0 Å². The normalized spacial score (nSPS) is 12.8. The molecule has 0 bridgehead atoms. The quantitative estimate of drug-likeness (QED) is 0.460. The van der Waals surface area contributed by atoms with Crippen molar-refractivity contribution in [3.63, 3.8) is 0 Å². The van der Waals surface area contributed by atoms with Crippen molar-refractivity contribution in [3.8, 4) is 0 Å². The molecule has 0 atom stereocenters.